The quantitative estimate of drug-likeness (QED) is 0.463. The number of benzene rings is 1. The summed E-state index contributed by atoms with van der Waals surface area (Å²) in [5.74, 6) is 0. The molecule has 0 aliphatic heterocycles. The Kier molecular flexibility index (Phi) is 3.14. The van der Waals surface area contributed by atoms with Crippen LogP contribution in [-0.2, 0) is 17.1 Å². The summed E-state index contributed by atoms with van der Waals surface area (Å²) in [4.78, 5) is 9.16. The zero-order valence-electron chi connectivity index (χ0n) is 9.66. The van der Waals surface area contributed by atoms with E-state index in [0.29, 0.717) is 0 Å². The molecular weight excluding hydrogens is 260 g/mol. The summed E-state index contributed by atoms with van der Waals surface area (Å²) in [5, 5.41) is 2.30. The molecule has 0 aliphatic carbocycles. The van der Waals surface area contributed by atoms with Gasteiger partial charge in [0.05, 0.1) is 11.0 Å². The summed E-state index contributed by atoms with van der Waals surface area (Å²) in [7, 11) is 0. The van der Waals surface area contributed by atoms with Crippen LogP contribution in [0.2, 0.25) is 0 Å². The molecule has 2 heterocycles. The Morgan fingerprint density at radius 3 is 1.41 bits per heavy atom. The summed E-state index contributed by atoms with van der Waals surface area (Å²) in [6.45, 7) is 4.02. The summed E-state index contributed by atoms with van der Waals surface area (Å²) in [6.07, 6.45) is 0. The standard InChI is InChI=1S/C14H12N2.Cu/c1-9-3-5-11-7-8-12-6-4-10(2)16-14(12)13(11)15-9;/h3-8H,1-2H3;/q;+1. The maximum atomic E-state index is 4.58. The molecule has 3 aromatic rings. The Bertz CT molecular complexity index is 631. The predicted octanol–water partition coefficient (Wildman–Crippen LogP) is 3.40. The molecule has 3 rings (SSSR count). The van der Waals surface area contributed by atoms with Gasteiger partial charge in [0.2, 0.25) is 0 Å². The number of hydrogen-bond acceptors (Lipinski definition) is 2. The van der Waals surface area contributed by atoms with Crippen molar-refractivity contribution in [2.45, 2.75) is 13.8 Å². The van der Waals surface area contributed by atoms with Gasteiger partial charge in [0, 0.05) is 22.2 Å². The van der Waals surface area contributed by atoms with Crippen molar-refractivity contribution >= 4 is 21.8 Å². The van der Waals surface area contributed by atoms with Gasteiger partial charge in [0.1, 0.15) is 0 Å². The average molecular weight is 272 g/mol. The third kappa shape index (κ3) is 2.04. The fourth-order valence-electron chi connectivity index (χ4n) is 1.96. The van der Waals surface area contributed by atoms with E-state index >= 15 is 0 Å². The molecule has 0 bridgehead atoms. The van der Waals surface area contributed by atoms with E-state index in [4.69, 9.17) is 0 Å². The molecule has 0 saturated carbocycles. The van der Waals surface area contributed by atoms with Crippen LogP contribution in [0.1, 0.15) is 11.4 Å². The largest absolute Gasteiger partial charge is 1.00 e. The Morgan fingerprint density at radius 2 is 1.00 bits per heavy atom. The Hall–Kier alpha value is -1.44. The maximum Gasteiger partial charge on any atom is 1.00 e. The number of nitrogens with zero attached hydrogens (tertiary/aromatic N) is 2. The SMILES string of the molecule is Cc1ccc2ccc3ccc(C)nc3c2n1.[Cu+]. The molecule has 0 spiro atoms. The molecule has 0 atom stereocenters. The normalized spacial score (nSPS) is 10.5. The first-order valence-corrected chi connectivity index (χ1v) is 5.38. The second kappa shape index (κ2) is 4.44. The maximum absolute atomic E-state index is 4.58. The van der Waals surface area contributed by atoms with Gasteiger partial charge in [-0.25, -0.2) is 0 Å². The summed E-state index contributed by atoms with van der Waals surface area (Å²) >= 11 is 0. The first-order valence-electron chi connectivity index (χ1n) is 5.38. The molecule has 2 aromatic heterocycles. The molecule has 0 aliphatic rings. The van der Waals surface area contributed by atoms with E-state index in [-0.39, 0.29) is 17.1 Å². The van der Waals surface area contributed by atoms with Gasteiger partial charge >= 0.3 is 17.1 Å². The molecule has 17 heavy (non-hydrogen) atoms. The van der Waals surface area contributed by atoms with Gasteiger partial charge in [0.25, 0.3) is 0 Å². The minimum Gasteiger partial charge on any atom is -0.251 e. The van der Waals surface area contributed by atoms with Crippen molar-refractivity contribution in [3.63, 3.8) is 0 Å². The fourth-order valence-corrected chi connectivity index (χ4v) is 1.96. The van der Waals surface area contributed by atoms with Crippen LogP contribution in [0.3, 0.4) is 0 Å². The van der Waals surface area contributed by atoms with Crippen molar-refractivity contribution in [3.05, 3.63) is 47.8 Å². The van der Waals surface area contributed by atoms with E-state index in [0.717, 1.165) is 33.2 Å². The van der Waals surface area contributed by atoms with Crippen LogP contribution in [0.25, 0.3) is 21.8 Å². The average Bonchev–Trinajstić information content (AvgIpc) is 2.29. The minimum absolute atomic E-state index is 0. The van der Waals surface area contributed by atoms with Gasteiger partial charge in [-0.05, 0) is 26.0 Å². The Morgan fingerprint density at radius 1 is 0.647 bits per heavy atom. The van der Waals surface area contributed by atoms with Crippen molar-refractivity contribution < 1.29 is 17.1 Å². The first kappa shape index (κ1) is 12.0. The smallest absolute Gasteiger partial charge is 0.251 e. The number of rotatable bonds is 0. The molecule has 0 fully saturated rings. The minimum atomic E-state index is 0. The van der Waals surface area contributed by atoms with Crippen LogP contribution >= 0.6 is 0 Å². The zero-order valence-corrected chi connectivity index (χ0v) is 10.6. The van der Waals surface area contributed by atoms with Crippen LogP contribution in [-0.4, -0.2) is 9.97 Å². The third-order valence-electron chi connectivity index (χ3n) is 2.80. The molecule has 0 saturated heterocycles. The molecule has 2 nitrogen and oxygen atoms in total. The van der Waals surface area contributed by atoms with E-state index in [9.17, 15) is 0 Å². The van der Waals surface area contributed by atoms with Crippen LogP contribution in [0.15, 0.2) is 36.4 Å². The summed E-state index contributed by atoms with van der Waals surface area (Å²) in [6, 6.07) is 12.5. The van der Waals surface area contributed by atoms with Gasteiger partial charge in [0.15, 0.2) is 0 Å². The van der Waals surface area contributed by atoms with Crippen LogP contribution < -0.4 is 0 Å². The van der Waals surface area contributed by atoms with Gasteiger partial charge in [-0.2, -0.15) is 0 Å². The molecule has 88 valence electrons. The molecule has 0 unspecified atom stereocenters. The van der Waals surface area contributed by atoms with Gasteiger partial charge < -0.3 is 0 Å². The topological polar surface area (TPSA) is 25.8 Å². The van der Waals surface area contributed by atoms with Crippen molar-refractivity contribution in [3.8, 4) is 0 Å². The number of hydrogen-bond donors (Lipinski definition) is 0. The van der Waals surface area contributed by atoms with E-state index < -0.39 is 0 Å². The molecular formula is C14H12CuN2+. The van der Waals surface area contributed by atoms with Crippen molar-refractivity contribution in [2.75, 3.05) is 0 Å². The molecule has 3 heteroatoms. The van der Waals surface area contributed by atoms with Crippen molar-refractivity contribution in [1.82, 2.24) is 9.97 Å². The number of aryl methyl sites for hydroxylation is 2. The summed E-state index contributed by atoms with van der Waals surface area (Å²) < 4.78 is 0. The van der Waals surface area contributed by atoms with Crippen molar-refractivity contribution in [2.24, 2.45) is 0 Å². The number of pyridine rings is 2. The van der Waals surface area contributed by atoms with E-state index in [1.807, 2.05) is 26.0 Å². The second-order valence-corrected chi connectivity index (χ2v) is 4.11. The van der Waals surface area contributed by atoms with Crippen LogP contribution in [0.4, 0.5) is 0 Å². The number of fused-ring (bicyclic) bond motifs is 3. The molecule has 0 amide bonds. The monoisotopic (exact) mass is 271 g/mol. The van der Waals surface area contributed by atoms with Crippen LogP contribution in [0, 0.1) is 13.8 Å². The second-order valence-electron chi connectivity index (χ2n) is 4.11. The third-order valence-corrected chi connectivity index (χ3v) is 2.80. The Balaban J connectivity index is 0.00000108. The van der Waals surface area contributed by atoms with Crippen LogP contribution in [0.5, 0.6) is 0 Å². The number of aromatic nitrogens is 2. The molecule has 1 aromatic carbocycles. The zero-order chi connectivity index (χ0) is 11.1. The van der Waals surface area contributed by atoms with E-state index in [1.54, 1.807) is 0 Å². The van der Waals surface area contributed by atoms with Gasteiger partial charge in [-0.3, -0.25) is 9.97 Å². The molecule has 0 N–H and O–H groups in total. The van der Waals surface area contributed by atoms with Gasteiger partial charge in [-0.1, -0.05) is 24.3 Å². The Labute approximate surface area is 111 Å². The van der Waals surface area contributed by atoms with E-state index in [1.165, 1.54) is 0 Å². The fraction of sp³-hybridized carbons (Fsp3) is 0.143. The summed E-state index contributed by atoms with van der Waals surface area (Å²) in [5.41, 5.74) is 4.06. The predicted molar refractivity (Wildman–Crippen MR) is 66.5 cm³/mol. The molecule has 0 radical (unpaired) electrons. The van der Waals surface area contributed by atoms with Gasteiger partial charge in [-0.15, -0.1) is 0 Å². The first-order chi connectivity index (χ1) is 7.74. The van der Waals surface area contributed by atoms with E-state index in [2.05, 4.69) is 34.2 Å². The van der Waals surface area contributed by atoms with Crippen molar-refractivity contribution in [1.29, 1.82) is 0 Å².